The highest BCUT2D eigenvalue weighted by Gasteiger charge is 2.47. The van der Waals surface area contributed by atoms with Gasteiger partial charge in [-0.05, 0) is 31.9 Å². The van der Waals surface area contributed by atoms with Crippen molar-refractivity contribution in [2.24, 2.45) is 5.73 Å². The maximum Gasteiger partial charge on any atom is 0.407 e. The molecule has 4 N–H and O–H groups in total. The summed E-state index contributed by atoms with van der Waals surface area (Å²) >= 11 is 0. The van der Waals surface area contributed by atoms with Gasteiger partial charge in [-0.25, -0.2) is 13.6 Å². The first-order chi connectivity index (χ1) is 15.4. The lowest BCUT2D eigenvalue weighted by atomic mass is 9.86. The zero-order valence-electron chi connectivity index (χ0n) is 18.8. The molecule has 0 aliphatic heterocycles. The van der Waals surface area contributed by atoms with Gasteiger partial charge in [0.1, 0.15) is 18.3 Å². The lowest BCUT2D eigenvalue weighted by Crippen LogP contribution is -2.56. The predicted molar refractivity (Wildman–Crippen MR) is 119 cm³/mol. The van der Waals surface area contributed by atoms with Crippen LogP contribution in [0.5, 0.6) is 0 Å². The number of carbonyl (C=O) groups is 2. The van der Waals surface area contributed by atoms with Gasteiger partial charge in [-0.1, -0.05) is 60.7 Å². The summed E-state index contributed by atoms with van der Waals surface area (Å²) in [4.78, 5) is 24.6. The minimum Gasteiger partial charge on any atom is -0.460 e. The van der Waals surface area contributed by atoms with Crippen LogP contribution < -0.4 is 11.1 Å². The van der Waals surface area contributed by atoms with Gasteiger partial charge in [-0.2, -0.15) is 0 Å². The Morgan fingerprint density at radius 1 is 1.03 bits per heavy atom. The molecule has 0 bridgehead atoms. The number of alkyl halides is 2. The number of aliphatic hydroxyl groups excluding tert-OH is 1. The van der Waals surface area contributed by atoms with Crippen molar-refractivity contribution >= 4 is 12.1 Å². The second-order valence-corrected chi connectivity index (χ2v) is 8.62. The number of nitrogens with two attached hydrogens (primary N) is 1. The summed E-state index contributed by atoms with van der Waals surface area (Å²) < 4.78 is 39.6. The van der Waals surface area contributed by atoms with Gasteiger partial charge in [0.25, 0.3) is 5.92 Å². The first-order valence-electron chi connectivity index (χ1n) is 10.4. The smallest absolute Gasteiger partial charge is 0.407 e. The fourth-order valence-corrected chi connectivity index (χ4v) is 3.07. The second-order valence-electron chi connectivity index (χ2n) is 8.62. The van der Waals surface area contributed by atoms with Gasteiger partial charge in [0.05, 0.1) is 18.5 Å². The SMILES string of the molecule is CC(C)(C)OC(=O)NCC(F)(F)C(O)C(N)C(C(=O)OCc1ccccc1)c1ccccc1. The molecule has 0 aliphatic carbocycles. The van der Waals surface area contributed by atoms with E-state index < -0.39 is 48.2 Å². The number of amides is 1. The molecule has 0 fully saturated rings. The number of rotatable bonds is 9. The molecule has 33 heavy (non-hydrogen) atoms. The summed E-state index contributed by atoms with van der Waals surface area (Å²) in [6.07, 6.45) is -3.52. The Balaban J connectivity index is 2.14. The van der Waals surface area contributed by atoms with E-state index >= 15 is 0 Å². The third-order valence-corrected chi connectivity index (χ3v) is 4.69. The Morgan fingerprint density at radius 3 is 2.12 bits per heavy atom. The van der Waals surface area contributed by atoms with E-state index in [1.54, 1.807) is 69.3 Å². The van der Waals surface area contributed by atoms with Crippen LogP contribution in [0.2, 0.25) is 0 Å². The molecule has 7 nitrogen and oxygen atoms in total. The number of halogens is 2. The number of hydrogen-bond acceptors (Lipinski definition) is 6. The molecule has 3 atom stereocenters. The van der Waals surface area contributed by atoms with Crippen molar-refractivity contribution in [2.75, 3.05) is 6.54 Å². The van der Waals surface area contributed by atoms with Gasteiger partial charge in [0, 0.05) is 0 Å². The molecule has 2 aromatic rings. The molecule has 0 radical (unpaired) electrons. The number of aliphatic hydroxyl groups is 1. The Kier molecular flexibility index (Phi) is 8.90. The normalized spacial score (nSPS) is 14.6. The van der Waals surface area contributed by atoms with E-state index in [2.05, 4.69) is 0 Å². The molecule has 0 spiro atoms. The van der Waals surface area contributed by atoms with Crippen LogP contribution >= 0.6 is 0 Å². The third kappa shape index (κ3) is 8.11. The zero-order valence-corrected chi connectivity index (χ0v) is 18.8. The van der Waals surface area contributed by atoms with Crippen molar-refractivity contribution in [1.82, 2.24) is 5.32 Å². The van der Waals surface area contributed by atoms with Gasteiger partial charge >= 0.3 is 12.1 Å². The van der Waals surface area contributed by atoms with E-state index in [1.807, 2.05) is 5.32 Å². The quantitative estimate of drug-likeness (QED) is 0.491. The van der Waals surface area contributed by atoms with Gasteiger partial charge in [0.15, 0.2) is 0 Å². The summed E-state index contributed by atoms with van der Waals surface area (Å²) in [6.45, 7) is 3.45. The van der Waals surface area contributed by atoms with Crippen LogP contribution in [0.25, 0.3) is 0 Å². The van der Waals surface area contributed by atoms with Gasteiger partial charge in [0.2, 0.25) is 0 Å². The van der Waals surface area contributed by atoms with Gasteiger partial charge in [-0.3, -0.25) is 4.79 Å². The highest BCUT2D eigenvalue weighted by atomic mass is 19.3. The number of esters is 1. The van der Waals surface area contributed by atoms with Crippen LogP contribution in [0.1, 0.15) is 37.8 Å². The lowest BCUT2D eigenvalue weighted by Gasteiger charge is -2.32. The van der Waals surface area contributed by atoms with E-state index in [-0.39, 0.29) is 6.61 Å². The summed E-state index contributed by atoms with van der Waals surface area (Å²) in [5, 5.41) is 12.3. The van der Waals surface area contributed by atoms with Crippen molar-refractivity contribution in [1.29, 1.82) is 0 Å². The molecule has 0 saturated heterocycles. The van der Waals surface area contributed by atoms with E-state index in [9.17, 15) is 23.5 Å². The average molecular weight is 465 g/mol. The number of alkyl carbamates (subject to hydrolysis) is 1. The first-order valence-corrected chi connectivity index (χ1v) is 10.4. The molecular weight excluding hydrogens is 434 g/mol. The molecular formula is C24H30F2N2O5. The fraction of sp³-hybridized carbons (Fsp3) is 0.417. The summed E-state index contributed by atoms with van der Waals surface area (Å²) in [5.41, 5.74) is 6.13. The topological polar surface area (TPSA) is 111 Å². The Morgan fingerprint density at radius 2 is 1.58 bits per heavy atom. The highest BCUT2D eigenvalue weighted by Crippen LogP contribution is 2.29. The van der Waals surface area contributed by atoms with Gasteiger partial charge < -0.3 is 25.6 Å². The average Bonchev–Trinajstić information content (AvgIpc) is 2.76. The molecule has 0 saturated carbocycles. The number of ether oxygens (including phenoxy) is 2. The van der Waals surface area contributed by atoms with E-state index in [0.29, 0.717) is 11.1 Å². The molecule has 2 aromatic carbocycles. The number of benzene rings is 2. The van der Waals surface area contributed by atoms with Crippen molar-refractivity contribution in [3.05, 3.63) is 71.8 Å². The third-order valence-electron chi connectivity index (χ3n) is 4.69. The standard InChI is InChI=1S/C24H30F2N2O5/c1-23(2,3)33-22(31)28-15-24(25,26)20(29)19(27)18(17-12-8-5-9-13-17)21(30)32-14-16-10-6-4-7-11-16/h4-13,18-20,29H,14-15,27H2,1-3H3,(H,28,31). The Hall–Kier alpha value is -3.04. The van der Waals surface area contributed by atoms with E-state index in [4.69, 9.17) is 15.2 Å². The molecule has 9 heteroatoms. The van der Waals surface area contributed by atoms with Crippen molar-refractivity contribution < 1.29 is 33.0 Å². The van der Waals surface area contributed by atoms with Crippen LogP contribution in [0.3, 0.4) is 0 Å². The zero-order chi connectivity index (χ0) is 24.6. The fourth-order valence-electron chi connectivity index (χ4n) is 3.07. The maximum atomic E-state index is 14.7. The lowest BCUT2D eigenvalue weighted by molar-refractivity contribution is -0.152. The maximum absolute atomic E-state index is 14.7. The van der Waals surface area contributed by atoms with Crippen LogP contribution in [-0.4, -0.2) is 47.4 Å². The van der Waals surface area contributed by atoms with E-state index in [0.717, 1.165) is 0 Å². The number of hydrogen-bond donors (Lipinski definition) is 3. The van der Waals surface area contributed by atoms with E-state index in [1.165, 1.54) is 12.1 Å². The summed E-state index contributed by atoms with van der Waals surface area (Å²) in [5.74, 6) is -6.06. The molecule has 3 unspecified atom stereocenters. The van der Waals surface area contributed by atoms with Gasteiger partial charge in [-0.15, -0.1) is 0 Å². The molecule has 1 amide bonds. The van der Waals surface area contributed by atoms with Crippen LogP contribution in [-0.2, 0) is 20.9 Å². The van der Waals surface area contributed by atoms with Crippen molar-refractivity contribution in [3.63, 3.8) is 0 Å². The Bertz CT molecular complexity index is 904. The minimum atomic E-state index is -3.84. The minimum absolute atomic E-state index is 0.0809. The number of carbonyl (C=O) groups excluding carboxylic acids is 2. The molecule has 0 heterocycles. The van der Waals surface area contributed by atoms with Crippen molar-refractivity contribution in [3.8, 4) is 0 Å². The Labute approximate surface area is 191 Å². The first kappa shape index (κ1) is 26.2. The molecule has 2 rings (SSSR count). The highest BCUT2D eigenvalue weighted by molar-refractivity contribution is 5.79. The second kappa shape index (κ2) is 11.2. The predicted octanol–water partition coefficient (Wildman–Crippen LogP) is 3.36. The summed E-state index contributed by atoms with van der Waals surface area (Å²) in [6, 6.07) is 15.1. The summed E-state index contributed by atoms with van der Waals surface area (Å²) in [7, 11) is 0. The molecule has 0 aliphatic rings. The van der Waals surface area contributed by atoms with Crippen LogP contribution in [0, 0.1) is 0 Å². The van der Waals surface area contributed by atoms with Crippen molar-refractivity contribution in [2.45, 2.75) is 57.0 Å². The molecule has 0 aromatic heterocycles. The monoisotopic (exact) mass is 464 g/mol. The van der Waals surface area contributed by atoms with Crippen LogP contribution in [0.4, 0.5) is 13.6 Å². The number of nitrogens with one attached hydrogen (secondary N) is 1. The largest absolute Gasteiger partial charge is 0.460 e. The molecule has 180 valence electrons. The van der Waals surface area contributed by atoms with Crippen LogP contribution in [0.15, 0.2) is 60.7 Å².